The zero-order valence-corrected chi connectivity index (χ0v) is 22.7. The van der Waals surface area contributed by atoms with Gasteiger partial charge in [0.15, 0.2) is 11.5 Å². The highest BCUT2D eigenvalue weighted by Crippen LogP contribution is 2.69. The number of amides is 1. The number of carbonyl (C=O) groups excluding carboxylic acids is 1. The highest BCUT2D eigenvalue weighted by molar-refractivity contribution is 7.72. The molecule has 210 valence electrons. The normalized spacial score (nSPS) is 12.1. The second-order valence-electron chi connectivity index (χ2n) is 8.76. The molecule has 0 radical (unpaired) electrons. The summed E-state index contributed by atoms with van der Waals surface area (Å²) in [6.45, 7) is 0.427. The molecule has 0 unspecified atom stereocenters. The number of rotatable bonds is 14. The molecule has 0 atom stereocenters. The predicted octanol–water partition coefficient (Wildman–Crippen LogP) is 3.75. The van der Waals surface area contributed by atoms with E-state index in [0.29, 0.717) is 5.75 Å². The average molecular weight is 579 g/mol. The Balaban J connectivity index is 1.69. The van der Waals surface area contributed by atoms with E-state index in [9.17, 15) is 38.6 Å². The Labute approximate surface area is 225 Å². The fraction of sp³-hybridized carbons (Fsp3) is 0.269. The fourth-order valence-electron chi connectivity index (χ4n) is 3.67. The maximum absolute atomic E-state index is 13.0. The van der Waals surface area contributed by atoms with Gasteiger partial charge in [0.05, 0.1) is 5.56 Å². The van der Waals surface area contributed by atoms with Gasteiger partial charge >= 0.3 is 15.2 Å². The van der Waals surface area contributed by atoms with E-state index < -0.39 is 32.6 Å². The molecule has 0 saturated carbocycles. The zero-order chi connectivity index (χ0) is 28.5. The lowest BCUT2D eigenvalue weighted by molar-refractivity contribution is 0.0943. The summed E-state index contributed by atoms with van der Waals surface area (Å²) in [5, 5.41) is 9.16. The molecule has 3 aromatic rings. The van der Waals surface area contributed by atoms with Crippen molar-refractivity contribution in [1.29, 1.82) is 0 Å². The molecular formula is C26H31NO10P2. The first kappa shape index (κ1) is 30.5. The van der Waals surface area contributed by atoms with Gasteiger partial charge in [-0.25, -0.2) is 0 Å². The molecule has 0 bridgehead atoms. The topological polar surface area (TPSA) is 183 Å². The summed E-state index contributed by atoms with van der Waals surface area (Å²) >= 11 is 0. The number of ether oxygens (including phenoxy) is 2. The maximum atomic E-state index is 13.0. The van der Waals surface area contributed by atoms with Gasteiger partial charge in [0, 0.05) is 6.54 Å². The molecule has 0 heterocycles. The van der Waals surface area contributed by atoms with E-state index >= 15 is 0 Å². The molecule has 6 N–H and O–H groups in total. The third kappa shape index (κ3) is 8.24. The van der Waals surface area contributed by atoms with Gasteiger partial charge in [-0.1, -0.05) is 66.7 Å². The molecule has 11 nitrogen and oxygen atoms in total. The number of benzene rings is 3. The standard InChI is InChI=1S/C26H31NO10P2/c28-25(27-17-8-7-16-26(29,38(30,31)32)39(33,34)35)22-14-9-15-23(36-18-20-10-3-1-4-11-20)24(22)37-19-21-12-5-2-6-13-21/h1-6,9-15,29H,7-8,16-19H2,(H,27,28)(H2,30,31,32)(H2,33,34,35). The lowest BCUT2D eigenvalue weighted by atomic mass is 10.1. The summed E-state index contributed by atoms with van der Waals surface area (Å²) in [6, 6.07) is 23.7. The summed E-state index contributed by atoms with van der Waals surface area (Å²) in [7, 11) is -11.0. The zero-order valence-electron chi connectivity index (χ0n) is 20.9. The van der Waals surface area contributed by atoms with Crippen LogP contribution in [0, 0.1) is 0 Å². The van der Waals surface area contributed by atoms with Gasteiger partial charge in [-0.15, -0.1) is 0 Å². The Morgan fingerprint density at radius 1 is 0.744 bits per heavy atom. The van der Waals surface area contributed by atoms with E-state index in [1.54, 1.807) is 18.2 Å². The molecule has 0 aliphatic rings. The van der Waals surface area contributed by atoms with E-state index in [1.807, 2.05) is 60.7 Å². The predicted molar refractivity (Wildman–Crippen MR) is 143 cm³/mol. The minimum Gasteiger partial charge on any atom is -0.485 e. The van der Waals surface area contributed by atoms with Gasteiger partial charge < -0.3 is 39.5 Å². The molecule has 1 amide bonds. The van der Waals surface area contributed by atoms with E-state index in [1.165, 1.54) is 0 Å². The summed E-state index contributed by atoms with van der Waals surface area (Å²) in [4.78, 5) is 50.0. The third-order valence-corrected chi connectivity index (χ3v) is 9.72. The van der Waals surface area contributed by atoms with E-state index in [4.69, 9.17) is 9.47 Å². The Bertz CT molecular complexity index is 1300. The molecule has 3 aromatic carbocycles. The van der Waals surface area contributed by atoms with Crippen molar-refractivity contribution in [3.8, 4) is 11.5 Å². The largest absolute Gasteiger partial charge is 0.485 e. The molecule has 0 saturated heterocycles. The van der Waals surface area contributed by atoms with Gasteiger partial charge in [0.25, 0.3) is 11.0 Å². The van der Waals surface area contributed by atoms with E-state index in [0.717, 1.165) is 11.1 Å². The van der Waals surface area contributed by atoms with Crippen molar-refractivity contribution in [1.82, 2.24) is 5.32 Å². The first-order chi connectivity index (χ1) is 18.4. The first-order valence-electron chi connectivity index (χ1n) is 12.0. The smallest absolute Gasteiger partial charge is 0.369 e. The van der Waals surface area contributed by atoms with Crippen molar-refractivity contribution >= 4 is 21.1 Å². The van der Waals surface area contributed by atoms with Crippen LogP contribution in [-0.4, -0.2) is 42.2 Å². The van der Waals surface area contributed by atoms with Crippen molar-refractivity contribution in [2.75, 3.05) is 6.54 Å². The van der Waals surface area contributed by atoms with Crippen LogP contribution in [0.3, 0.4) is 0 Å². The van der Waals surface area contributed by atoms with Crippen molar-refractivity contribution < 1.29 is 48.1 Å². The van der Waals surface area contributed by atoms with Gasteiger partial charge in [-0.3, -0.25) is 13.9 Å². The number of para-hydroxylation sites is 1. The molecule has 0 aliphatic carbocycles. The van der Waals surface area contributed by atoms with Crippen LogP contribution in [0.2, 0.25) is 0 Å². The van der Waals surface area contributed by atoms with Gasteiger partial charge in [0.1, 0.15) is 13.2 Å². The van der Waals surface area contributed by atoms with E-state index in [-0.39, 0.29) is 43.9 Å². The molecule has 0 aromatic heterocycles. The Kier molecular flexibility index (Phi) is 10.5. The Morgan fingerprint density at radius 3 is 1.82 bits per heavy atom. The Morgan fingerprint density at radius 2 is 1.28 bits per heavy atom. The van der Waals surface area contributed by atoms with Crippen LogP contribution in [0.15, 0.2) is 78.9 Å². The van der Waals surface area contributed by atoms with Crippen LogP contribution in [-0.2, 0) is 22.3 Å². The molecule has 0 spiro atoms. The van der Waals surface area contributed by atoms with Gasteiger partial charge in [-0.05, 0) is 42.5 Å². The van der Waals surface area contributed by atoms with Crippen LogP contribution < -0.4 is 14.8 Å². The third-order valence-electron chi connectivity index (χ3n) is 5.84. The molecule has 0 fully saturated rings. The van der Waals surface area contributed by atoms with Crippen LogP contribution in [0.5, 0.6) is 11.5 Å². The van der Waals surface area contributed by atoms with Crippen LogP contribution in [0.25, 0.3) is 0 Å². The summed E-state index contributed by atoms with van der Waals surface area (Å²) in [5.74, 6) is 0.0754. The second-order valence-corrected chi connectivity index (χ2v) is 12.8. The molecular weight excluding hydrogens is 548 g/mol. The number of carbonyl (C=O) groups is 1. The minimum atomic E-state index is -5.52. The van der Waals surface area contributed by atoms with Crippen LogP contribution >= 0.6 is 15.2 Å². The van der Waals surface area contributed by atoms with Crippen molar-refractivity contribution in [2.45, 2.75) is 37.6 Å². The van der Waals surface area contributed by atoms with Crippen molar-refractivity contribution in [2.24, 2.45) is 0 Å². The monoisotopic (exact) mass is 579 g/mol. The number of unbranched alkanes of at least 4 members (excludes halogenated alkanes) is 1. The van der Waals surface area contributed by atoms with Crippen molar-refractivity contribution in [3.63, 3.8) is 0 Å². The highest BCUT2D eigenvalue weighted by Gasteiger charge is 2.58. The van der Waals surface area contributed by atoms with E-state index in [2.05, 4.69) is 5.32 Å². The van der Waals surface area contributed by atoms with Gasteiger partial charge in [0.2, 0.25) is 0 Å². The highest BCUT2D eigenvalue weighted by atomic mass is 31.2. The Hall–Kier alpha value is -3.01. The fourth-order valence-corrected chi connectivity index (χ4v) is 5.92. The average Bonchev–Trinajstić information content (AvgIpc) is 2.90. The quantitative estimate of drug-likeness (QED) is 0.122. The van der Waals surface area contributed by atoms with Gasteiger partial charge in [-0.2, -0.15) is 0 Å². The number of hydrogen-bond acceptors (Lipinski definition) is 6. The van der Waals surface area contributed by atoms with Crippen LogP contribution in [0.4, 0.5) is 0 Å². The first-order valence-corrected chi connectivity index (χ1v) is 15.2. The summed E-state index contributed by atoms with van der Waals surface area (Å²) in [5.41, 5.74) is 2.00. The summed E-state index contributed by atoms with van der Waals surface area (Å²) in [6.07, 6.45) is -0.950. The molecule has 3 rings (SSSR count). The SMILES string of the molecule is O=C(NCCCCC(O)(P(=O)(O)O)P(=O)(O)O)c1cccc(OCc2ccccc2)c1OCc1ccccc1. The van der Waals surface area contributed by atoms with Crippen LogP contribution in [0.1, 0.15) is 40.7 Å². The summed E-state index contributed by atoms with van der Waals surface area (Å²) < 4.78 is 35.0. The lowest BCUT2D eigenvalue weighted by Gasteiger charge is -2.29. The second kappa shape index (κ2) is 13.4. The maximum Gasteiger partial charge on any atom is 0.369 e. The molecule has 13 heteroatoms. The lowest BCUT2D eigenvalue weighted by Crippen LogP contribution is -2.29. The number of hydrogen-bond donors (Lipinski definition) is 6. The minimum absolute atomic E-state index is 0.00442. The van der Waals surface area contributed by atoms with Crippen molar-refractivity contribution in [3.05, 3.63) is 95.6 Å². The molecule has 0 aliphatic heterocycles. The number of nitrogens with one attached hydrogen (secondary N) is 1. The number of aliphatic hydroxyl groups is 1. The molecule has 39 heavy (non-hydrogen) atoms.